The van der Waals surface area contributed by atoms with Gasteiger partial charge in [0, 0.05) is 12.0 Å². The molecule has 9 heteroatoms. The minimum atomic E-state index is -0.893. The topological polar surface area (TPSA) is 94.0 Å². The molecule has 2 heterocycles. The molecule has 0 radical (unpaired) electrons. The van der Waals surface area contributed by atoms with Crippen LogP contribution >= 0.6 is 0 Å². The fourth-order valence-electron chi connectivity index (χ4n) is 4.48. The molecule has 1 fully saturated rings. The van der Waals surface area contributed by atoms with E-state index < -0.39 is 11.4 Å². The first kappa shape index (κ1) is 28.0. The minimum absolute atomic E-state index is 0. The third kappa shape index (κ3) is 6.50. The van der Waals surface area contributed by atoms with Crippen LogP contribution in [0.15, 0.2) is 74.8 Å². The molecule has 0 unspecified atom stereocenters. The van der Waals surface area contributed by atoms with Crippen molar-refractivity contribution < 1.29 is 48.3 Å². The summed E-state index contributed by atoms with van der Waals surface area (Å²) in [5, 5.41) is 0. The van der Waals surface area contributed by atoms with Crippen LogP contribution in [0, 0.1) is 19.3 Å². The second-order valence-electron chi connectivity index (χ2n) is 9.95. The van der Waals surface area contributed by atoms with Crippen LogP contribution in [0.5, 0.6) is 11.5 Å². The summed E-state index contributed by atoms with van der Waals surface area (Å²) >= 11 is 0. The number of nitrogens with zero attached hydrogens (tertiary/aromatic N) is 2. The number of aryl methyl sites for hydroxylation is 2. The van der Waals surface area contributed by atoms with Crippen LogP contribution in [-0.2, 0) is 17.9 Å². The first-order valence-electron chi connectivity index (χ1n) is 12.2. The van der Waals surface area contributed by atoms with E-state index in [1.54, 1.807) is 0 Å². The maximum Gasteiger partial charge on any atom is 1.00 e. The Balaban J connectivity index is 0.00000336. The molecule has 4 aromatic rings. The number of ether oxygens (including phenoxy) is 3. The predicted octanol–water partition coefficient (Wildman–Crippen LogP) is 1.09. The first-order chi connectivity index (χ1) is 17.8. The molecule has 0 bridgehead atoms. The molecule has 1 aliphatic rings. The molecule has 1 aromatic heterocycles. The van der Waals surface area contributed by atoms with E-state index in [1.165, 1.54) is 5.56 Å². The zero-order chi connectivity index (χ0) is 26.0. The summed E-state index contributed by atoms with van der Waals surface area (Å²) in [7, 11) is 0. The normalized spacial score (nSPS) is 13.9. The van der Waals surface area contributed by atoms with Gasteiger partial charge < -0.3 is 23.7 Å². The number of rotatable bonds is 9. The van der Waals surface area contributed by atoms with Gasteiger partial charge >= 0.3 is 35.3 Å². The monoisotopic (exact) mass is 524 g/mol. The predicted molar refractivity (Wildman–Crippen MR) is 138 cm³/mol. The van der Waals surface area contributed by atoms with E-state index in [0.717, 1.165) is 51.5 Å². The average molecular weight is 525 g/mol. The summed E-state index contributed by atoms with van der Waals surface area (Å²) in [5.41, 5.74) is 5.90. The van der Waals surface area contributed by atoms with E-state index in [-0.39, 0.29) is 41.5 Å². The fraction of sp³-hybridized carbons (Fsp3) is 0.310. The summed E-state index contributed by atoms with van der Waals surface area (Å²) in [6, 6.07) is 19.8. The van der Waals surface area contributed by atoms with Gasteiger partial charge in [-0.15, -0.1) is 0 Å². The van der Waals surface area contributed by atoms with Crippen LogP contribution in [0.4, 0.5) is 0 Å². The molecule has 0 amide bonds. The van der Waals surface area contributed by atoms with Crippen LogP contribution < -0.4 is 55.5 Å². The molecular weight excluding hydrogens is 495 g/mol. The summed E-state index contributed by atoms with van der Waals surface area (Å²) in [5.74, 6) is 0.690. The van der Waals surface area contributed by atoms with Gasteiger partial charge in [0.15, 0.2) is 5.69 Å². The summed E-state index contributed by atoms with van der Waals surface area (Å²) in [6.45, 7) is 9.08. The van der Waals surface area contributed by atoms with E-state index in [4.69, 9.17) is 18.7 Å². The third-order valence-electron chi connectivity index (χ3n) is 6.45. The van der Waals surface area contributed by atoms with Gasteiger partial charge in [0.1, 0.15) is 18.1 Å². The zero-order valence-electron chi connectivity index (χ0n) is 22.2. The Morgan fingerprint density at radius 2 is 1.63 bits per heavy atom. The second-order valence-corrected chi connectivity index (χ2v) is 9.95. The molecule has 0 N–H and O–H groups in total. The maximum absolute atomic E-state index is 11.6. The SMILES string of the molecule is Cc1cc(OCC2(C)COC2)cc(C)c1-c1cccc(COc2ccc(Cn3oc(=O)[n-]c3=O)cc2)c1.[Na+]. The number of hydrogen-bond donors (Lipinski definition) is 0. The molecular formula is C29H29N2NaO6. The van der Waals surface area contributed by atoms with E-state index in [1.807, 2.05) is 36.4 Å². The zero-order valence-corrected chi connectivity index (χ0v) is 24.2. The Morgan fingerprint density at radius 1 is 0.921 bits per heavy atom. The molecule has 38 heavy (non-hydrogen) atoms. The van der Waals surface area contributed by atoms with Gasteiger partial charge in [-0.25, -0.2) is 4.79 Å². The molecule has 0 aliphatic carbocycles. The Labute approximate surface area is 242 Å². The van der Waals surface area contributed by atoms with Gasteiger partial charge in [-0.3, -0.25) is 9.53 Å². The van der Waals surface area contributed by atoms with E-state index >= 15 is 0 Å². The molecule has 192 valence electrons. The standard InChI is InChI=1S/C29H30N2O6.Na/c1-19-11-25(36-18-29(3)16-34-17-29)12-20(2)26(19)23-6-4-5-22(13-23)15-35-24-9-7-21(8-10-24)14-31-27(32)30-28(33)37-31;/h4-13H,14-18H2,1-3H3,(H,30,32,33);/q;+1/p-1. The van der Waals surface area contributed by atoms with Gasteiger partial charge in [-0.1, -0.05) is 37.3 Å². The van der Waals surface area contributed by atoms with Crippen molar-refractivity contribution >= 4 is 0 Å². The van der Waals surface area contributed by atoms with E-state index in [9.17, 15) is 9.59 Å². The maximum atomic E-state index is 11.6. The molecule has 3 aromatic carbocycles. The molecule has 1 saturated heterocycles. The van der Waals surface area contributed by atoms with Crippen molar-refractivity contribution in [3.8, 4) is 22.6 Å². The van der Waals surface area contributed by atoms with Gasteiger partial charge in [0.05, 0.1) is 19.8 Å². The smallest absolute Gasteiger partial charge is 0.493 e. The third-order valence-corrected chi connectivity index (χ3v) is 6.45. The van der Waals surface area contributed by atoms with Crippen molar-refractivity contribution in [1.29, 1.82) is 0 Å². The first-order valence-corrected chi connectivity index (χ1v) is 12.2. The largest absolute Gasteiger partial charge is 1.00 e. The summed E-state index contributed by atoms with van der Waals surface area (Å²) < 4.78 is 23.1. The van der Waals surface area contributed by atoms with Crippen molar-refractivity contribution in [2.75, 3.05) is 19.8 Å². The van der Waals surface area contributed by atoms with Crippen LogP contribution in [-0.4, -0.2) is 24.6 Å². The number of hydrogen-bond acceptors (Lipinski definition) is 6. The van der Waals surface area contributed by atoms with Crippen LogP contribution in [0.3, 0.4) is 0 Å². The fourth-order valence-corrected chi connectivity index (χ4v) is 4.48. The van der Waals surface area contributed by atoms with Gasteiger partial charge in [-0.05, 0) is 77.6 Å². The average Bonchev–Trinajstić information content (AvgIpc) is 3.17. The Kier molecular flexibility index (Phi) is 8.67. The van der Waals surface area contributed by atoms with Crippen molar-refractivity contribution in [3.05, 3.63) is 104 Å². The minimum Gasteiger partial charge on any atom is -0.493 e. The van der Waals surface area contributed by atoms with Crippen LogP contribution in [0.1, 0.15) is 29.2 Å². The van der Waals surface area contributed by atoms with Crippen LogP contribution in [0.2, 0.25) is 0 Å². The van der Waals surface area contributed by atoms with Gasteiger partial charge in [0.25, 0.3) is 0 Å². The number of benzene rings is 3. The van der Waals surface area contributed by atoms with Crippen LogP contribution in [0.25, 0.3) is 11.1 Å². The van der Waals surface area contributed by atoms with Gasteiger partial charge in [-0.2, -0.15) is 0 Å². The van der Waals surface area contributed by atoms with E-state index in [2.05, 4.69) is 50.0 Å². The molecule has 0 spiro atoms. The number of aromatic nitrogens is 2. The van der Waals surface area contributed by atoms with E-state index in [0.29, 0.717) is 19.0 Å². The molecule has 0 atom stereocenters. The molecule has 1 aliphatic heterocycles. The quantitative estimate of drug-likeness (QED) is 0.303. The van der Waals surface area contributed by atoms with Crippen molar-refractivity contribution in [3.63, 3.8) is 0 Å². The van der Waals surface area contributed by atoms with Gasteiger partial charge in [0.2, 0.25) is 0 Å². The summed E-state index contributed by atoms with van der Waals surface area (Å²) in [6.07, 6.45) is 0. The van der Waals surface area contributed by atoms with Crippen molar-refractivity contribution in [2.24, 2.45) is 5.41 Å². The van der Waals surface area contributed by atoms with Crippen molar-refractivity contribution in [1.82, 2.24) is 9.72 Å². The Hall–Kier alpha value is -3.04. The Morgan fingerprint density at radius 3 is 2.24 bits per heavy atom. The molecule has 0 saturated carbocycles. The van der Waals surface area contributed by atoms with Crippen molar-refractivity contribution in [2.45, 2.75) is 33.9 Å². The summed E-state index contributed by atoms with van der Waals surface area (Å²) in [4.78, 5) is 25.9. The second kappa shape index (κ2) is 11.8. The molecule has 8 nitrogen and oxygen atoms in total. The molecule has 5 rings (SSSR count). The Bertz CT molecular complexity index is 1490.